The number of nitrogens with two attached hydrogens (primary N) is 1. The highest BCUT2D eigenvalue weighted by atomic mass is 32.2. The van der Waals surface area contributed by atoms with Gasteiger partial charge >= 0.3 is 5.97 Å². The second kappa shape index (κ2) is 9.36. The van der Waals surface area contributed by atoms with Crippen molar-refractivity contribution >= 4 is 40.1 Å². The highest BCUT2D eigenvalue weighted by Crippen LogP contribution is 2.26. The summed E-state index contributed by atoms with van der Waals surface area (Å²) in [6.45, 7) is 2.10. The minimum atomic E-state index is -0.378. The van der Waals surface area contributed by atoms with Crippen LogP contribution in [0.1, 0.15) is 24.9 Å². The van der Waals surface area contributed by atoms with E-state index >= 15 is 0 Å². The molecular weight excluding hydrogens is 348 g/mol. The van der Waals surface area contributed by atoms with Crippen molar-refractivity contribution < 1.29 is 14.3 Å². The average molecular weight is 366 g/mol. The van der Waals surface area contributed by atoms with Gasteiger partial charge < -0.3 is 15.8 Å². The number of ether oxygens (including phenoxy) is 1. The molecule has 128 valence electrons. The molecule has 0 aliphatic rings. The fraction of sp³-hybridized carbons (Fsp3) is 0.333. The highest BCUT2D eigenvalue weighted by molar-refractivity contribution is 8.01. The molecule has 1 aromatic carbocycles. The molecule has 0 bridgehead atoms. The van der Waals surface area contributed by atoms with Gasteiger partial charge in [-0.05, 0) is 12.5 Å². The van der Waals surface area contributed by atoms with Gasteiger partial charge in [-0.3, -0.25) is 9.59 Å². The Kier molecular flexibility index (Phi) is 7.16. The van der Waals surface area contributed by atoms with E-state index in [2.05, 4.69) is 15.5 Å². The number of hydrogen-bond donors (Lipinski definition) is 2. The number of nitrogens with zero attached hydrogens (tertiary/aromatic N) is 2. The monoisotopic (exact) mass is 366 g/mol. The van der Waals surface area contributed by atoms with Crippen LogP contribution in [-0.4, -0.2) is 34.4 Å². The number of nitrogens with one attached hydrogen (secondary N) is 1. The number of aromatic nitrogens is 2. The molecule has 1 aromatic heterocycles. The standard InChI is InChI=1S/C15H18N4O3S2/c1-2-22-13(21)9-23-15-19-18-14(24-15)17-12(20)8-11(16)10-6-4-3-5-7-10/h3-7,11H,2,8-9,16H2,1H3,(H,17,18,20). The molecule has 2 rings (SSSR count). The molecule has 0 saturated heterocycles. The van der Waals surface area contributed by atoms with Crippen LogP contribution in [-0.2, 0) is 14.3 Å². The zero-order valence-electron chi connectivity index (χ0n) is 13.1. The van der Waals surface area contributed by atoms with Crippen LogP contribution in [0.15, 0.2) is 34.7 Å². The van der Waals surface area contributed by atoms with E-state index in [0.717, 1.165) is 5.56 Å². The van der Waals surface area contributed by atoms with E-state index < -0.39 is 0 Å². The second-order valence-corrected chi connectivity index (χ2v) is 6.94. The van der Waals surface area contributed by atoms with Crippen LogP contribution in [0.3, 0.4) is 0 Å². The van der Waals surface area contributed by atoms with Gasteiger partial charge in [-0.25, -0.2) is 0 Å². The Hall–Kier alpha value is -1.97. The summed E-state index contributed by atoms with van der Waals surface area (Å²) in [5, 5.41) is 10.9. The van der Waals surface area contributed by atoms with Crippen molar-refractivity contribution in [2.24, 2.45) is 5.73 Å². The molecule has 9 heteroatoms. The molecule has 1 heterocycles. The average Bonchev–Trinajstić information content (AvgIpc) is 3.01. The minimum Gasteiger partial charge on any atom is -0.465 e. The topological polar surface area (TPSA) is 107 Å². The Morgan fingerprint density at radius 3 is 2.79 bits per heavy atom. The number of esters is 1. The number of hydrogen-bond acceptors (Lipinski definition) is 8. The Morgan fingerprint density at radius 2 is 2.08 bits per heavy atom. The first-order valence-corrected chi connectivity index (χ1v) is 9.11. The molecule has 0 aliphatic carbocycles. The molecule has 0 fully saturated rings. The summed E-state index contributed by atoms with van der Waals surface area (Å²) in [6.07, 6.45) is 0.148. The first kappa shape index (κ1) is 18.4. The smallest absolute Gasteiger partial charge is 0.316 e. The number of thioether (sulfide) groups is 1. The summed E-state index contributed by atoms with van der Waals surface area (Å²) in [5.74, 6) is -0.378. The molecule has 1 atom stereocenters. The number of carbonyl (C=O) groups is 2. The number of benzene rings is 1. The Bertz CT molecular complexity index is 678. The third-order valence-corrected chi connectivity index (χ3v) is 4.85. The lowest BCUT2D eigenvalue weighted by Crippen LogP contribution is -2.20. The van der Waals surface area contributed by atoms with Crippen molar-refractivity contribution in [1.82, 2.24) is 10.2 Å². The number of rotatable bonds is 8. The second-order valence-electron chi connectivity index (χ2n) is 4.74. The summed E-state index contributed by atoms with van der Waals surface area (Å²) in [6, 6.07) is 9.04. The van der Waals surface area contributed by atoms with Gasteiger partial charge in [-0.2, -0.15) is 0 Å². The van der Waals surface area contributed by atoms with E-state index in [-0.39, 0.29) is 30.1 Å². The largest absolute Gasteiger partial charge is 0.465 e. The summed E-state index contributed by atoms with van der Waals surface area (Å²) in [7, 11) is 0. The molecule has 0 aliphatic heterocycles. The first-order valence-electron chi connectivity index (χ1n) is 7.30. The van der Waals surface area contributed by atoms with E-state index in [1.807, 2.05) is 30.3 Å². The van der Waals surface area contributed by atoms with Gasteiger partial charge in [0.25, 0.3) is 0 Å². The van der Waals surface area contributed by atoms with Gasteiger partial charge in [0.1, 0.15) is 0 Å². The predicted molar refractivity (Wildman–Crippen MR) is 93.9 cm³/mol. The maximum absolute atomic E-state index is 12.0. The SMILES string of the molecule is CCOC(=O)CSc1nnc(NC(=O)CC(N)c2ccccc2)s1. The van der Waals surface area contributed by atoms with Gasteiger partial charge in [0.15, 0.2) is 4.34 Å². The zero-order valence-corrected chi connectivity index (χ0v) is 14.7. The summed E-state index contributed by atoms with van der Waals surface area (Å²) in [4.78, 5) is 23.3. The molecule has 0 radical (unpaired) electrons. The van der Waals surface area contributed by atoms with Crippen LogP contribution < -0.4 is 11.1 Å². The molecular formula is C15H18N4O3S2. The van der Waals surface area contributed by atoms with Crippen LogP contribution >= 0.6 is 23.1 Å². The van der Waals surface area contributed by atoms with Crippen LogP contribution in [0.25, 0.3) is 0 Å². The van der Waals surface area contributed by atoms with Crippen molar-refractivity contribution in [2.45, 2.75) is 23.7 Å². The molecule has 3 N–H and O–H groups in total. The summed E-state index contributed by atoms with van der Waals surface area (Å²) < 4.78 is 5.42. The molecule has 24 heavy (non-hydrogen) atoms. The Balaban J connectivity index is 1.81. The van der Waals surface area contributed by atoms with Crippen molar-refractivity contribution in [3.8, 4) is 0 Å². The predicted octanol–water partition coefficient (Wildman–Crippen LogP) is 2.22. The summed E-state index contributed by atoms with van der Waals surface area (Å²) in [5.41, 5.74) is 6.91. The van der Waals surface area contributed by atoms with Gasteiger partial charge in [-0.15, -0.1) is 10.2 Å². The van der Waals surface area contributed by atoms with Crippen LogP contribution in [0.4, 0.5) is 5.13 Å². The number of amides is 1. The van der Waals surface area contributed by atoms with Gasteiger partial charge in [0.2, 0.25) is 11.0 Å². The van der Waals surface area contributed by atoms with Crippen LogP contribution in [0.2, 0.25) is 0 Å². The lowest BCUT2D eigenvalue weighted by Gasteiger charge is -2.10. The van der Waals surface area contributed by atoms with Gasteiger partial charge in [0, 0.05) is 12.5 Å². The first-order chi connectivity index (χ1) is 11.6. The Morgan fingerprint density at radius 1 is 1.33 bits per heavy atom. The molecule has 1 unspecified atom stereocenters. The van der Waals surface area contributed by atoms with E-state index in [0.29, 0.717) is 16.1 Å². The fourth-order valence-corrected chi connectivity index (χ4v) is 3.40. The van der Waals surface area contributed by atoms with Crippen molar-refractivity contribution in [1.29, 1.82) is 0 Å². The van der Waals surface area contributed by atoms with Crippen LogP contribution in [0, 0.1) is 0 Å². The lowest BCUT2D eigenvalue weighted by atomic mass is 10.0. The third kappa shape index (κ3) is 5.91. The quantitative estimate of drug-likeness (QED) is 0.419. The van der Waals surface area contributed by atoms with E-state index in [1.165, 1.54) is 23.1 Å². The van der Waals surface area contributed by atoms with E-state index in [1.54, 1.807) is 6.92 Å². The minimum absolute atomic E-state index is 0.148. The van der Waals surface area contributed by atoms with Crippen molar-refractivity contribution in [3.05, 3.63) is 35.9 Å². The Labute approximate surface area is 148 Å². The molecule has 0 spiro atoms. The zero-order chi connectivity index (χ0) is 17.4. The summed E-state index contributed by atoms with van der Waals surface area (Å²) >= 11 is 2.43. The van der Waals surface area contributed by atoms with E-state index in [9.17, 15) is 9.59 Å². The maximum Gasteiger partial charge on any atom is 0.316 e. The molecule has 2 aromatic rings. The highest BCUT2D eigenvalue weighted by Gasteiger charge is 2.14. The lowest BCUT2D eigenvalue weighted by molar-refractivity contribution is -0.139. The van der Waals surface area contributed by atoms with Crippen molar-refractivity contribution in [3.63, 3.8) is 0 Å². The number of carbonyl (C=O) groups excluding carboxylic acids is 2. The van der Waals surface area contributed by atoms with Crippen LogP contribution in [0.5, 0.6) is 0 Å². The van der Waals surface area contributed by atoms with E-state index in [4.69, 9.17) is 10.5 Å². The molecule has 0 saturated carbocycles. The van der Waals surface area contributed by atoms with Gasteiger partial charge in [0.05, 0.1) is 12.4 Å². The number of anilines is 1. The maximum atomic E-state index is 12.0. The molecule has 1 amide bonds. The third-order valence-electron chi connectivity index (χ3n) is 2.90. The van der Waals surface area contributed by atoms with Gasteiger partial charge in [-0.1, -0.05) is 53.4 Å². The normalized spacial score (nSPS) is 11.8. The van der Waals surface area contributed by atoms with Crippen molar-refractivity contribution in [2.75, 3.05) is 17.7 Å². The molecule has 7 nitrogen and oxygen atoms in total. The fourth-order valence-electron chi connectivity index (χ4n) is 1.83.